The van der Waals surface area contributed by atoms with Gasteiger partial charge in [0.25, 0.3) is 0 Å². The number of carbonyl (C=O) groups is 1. The lowest BCUT2D eigenvalue weighted by molar-refractivity contribution is -0.110. The van der Waals surface area contributed by atoms with Crippen LogP contribution in [0.5, 0.6) is 0 Å². The van der Waals surface area contributed by atoms with Crippen LogP contribution in [0, 0.1) is 11.7 Å². The van der Waals surface area contributed by atoms with Crippen molar-refractivity contribution in [1.29, 1.82) is 0 Å². The smallest absolute Gasteiger partial charge is 0.243 e. The van der Waals surface area contributed by atoms with E-state index in [4.69, 9.17) is 0 Å². The van der Waals surface area contributed by atoms with Gasteiger partial charge < -0.3 is 14.6 Å². The molecule has 6 rings (SSSR count). The van der Waals surface area contributed by atoms with Gasteiger partial charge >= 0.3 is 0 Å². The minimum absolute atomic E-state index is 0.0556. The van der Waals surface area contributed by atoms with Crippen LogP contribution < -0.4 is 9.80 Å². The summed E-state index contributed by atoms with van der Waals surface area (Å²) in [5.41, 5.74) is 4.15. The fraction of sp³-hybridized carbons (Fsp3) is 0.367. The number of hydrogen-bond donors (Lipinski definition) is 0. The van der Waals surface area contributed by atoms with Crippen LogP contribution in [-0.4, -0.2) is 57.3 Å². The highest BCUT2D eigenvalue weighted by Crippen LogP contribution is 2.43. The van der Waals surface area contributed by atoms with Gasteiger partial charge in [0.15, 0.2) is 0 Å². The third-order valence-corrected chi connectivity index (χ3v) is 10.4. The number of nitrogens with zero attached hydrogens (tertiary/aromatic N) is 3. The summed E-state index contributed by atoms with van der Waals surface area (Å²) in [6, 6.07) is 21.4. The molecule has 0 unspecified atom stereocenters. The SMILES string of the molecule is O=C[C@H]1C[C@H]2CCC[C@H]2N1S(=O)(=O)c1ccc(-c2ccc(N3CCN(c4ccc(F)cc4)CC3)cc2)cc1. The maximum atomic E-state index is 13.5. The molecule has 3 aromatic rings. The van der Waals surface area contributed by atoms with Crippen molar-refractivity contribution in [2.75, 3.05) is 36.0 Å². The summed E-state index contributed by atoms with van der Waals surface area (Å²) in [6.45, 7) is 3.49. The number of fused-ring (bicyclic) bond motifs is 1. The lowest BCUT2D eigenvalue weighted by Gasteiger charge is -2.37. The number of anilines is 2. The predicted molar refractivity (Wildman–Crippen MR) is 147 cm³/mol. The third kappa shape index (κ3) is 4.60. The Kier molecular flexibility index (Phi) is 6.70. The van der Waals surface area contributed by atoms with Crippen molar-refractivity contribution in [1.82, 2.24) is 4.31 Å². The molecule has 0 radical (unpaired) electrons. The molecule has 0 bridgehead atoms. The van der Waals surface area contributed by atoms with E-state index < -0.39 is 16.1 Å². The molecule has 0 amide bonds. The van der Waals surface area contributed by atoms with Gasteiger partial charge in [-0.1, -0.05) is 30.7 Å². The first kappa shape index (κ1) is 25.1. The molecule has 38 heavy (non-hydrogen) atoms. The van der Waals surface area contributed by atoms with Crippen LogP contribution in [0.4, 0.5) is 15.8 Å². The van der Waals surface area contributed by atoms with Crippen LogP contribution in [0.3, 0.4) is 0 Å². The summed E-state index contributed by atoms with van der Waals surface area (Å²) in [7, 11) is -3.73. The number of aldehydes is 1. The van der Waals surface area contributed by atoms with Crippen molar-refractivity contribution in [3.63, 3.8) is 0 Å². The Labute approximate surface area is 223 Å². The van der Waals surface area contributed by atoms with Crippen molar-refractivity contribution in [3.05, 3.63) is 78.6 Å². The standard InChI is InChI=1S/C30H32FN3O3S/c31-25-8-12-27(13-9-25)33-18-16-32(17-19-33)26-10-4-22(5-11-26)23-6-14-29(15-7-23)38(36,37)34-28(21-35)20-24-2-1-3-30(24)34/h4-15,21,24,28,30H,1-3,16-20H2/t24-,28-,30-/m1/s1. The van der Waals surface area contributed by atoms with Crippen LogP contribution in [0.15, 0.2) is 77.7 Å². The first-order valence-electron chi connectivity index (χ1n) is 13.4. The monoisotopic (exact) mass is 533 g/mol. The number of benzene rings is 3. The molecule has 0 N–H and O–H groups in total. The second-order valence-electron chi connectivity index (χ2n) is 10.6. The van der Waals surface area contributed by atoms with E-state index in [1.54, 1.807) is 12.1 Å². The van der Waals surface area contributed by atoms with Gasteiger partial charge in [0.2, 0.25) is 10.0 Å². The van der Waals surface area contributed by atoms with Crippen LogP contribution in [-0.2, 0) is 14.8 Å². The maximum absolute atomic E-state index is 13.5. The van der Waals surface area contributed by atoms with E-state index in [1.165, 1.54) is 16.4 Å². The molecule has 2 aliphatic heterocycles. The molecule has 3 aromatic carbocycles. The van der Waals surface area contributed by atoms with Gasteiger partial charge in [-0.05, 0) is 84.8 Å². The molecule has 1 saturated carbocycles. The average Bonchev–Trinajstić information content (AvgIpc) is 3.55. The van der Waals surface area contributed by atoms with Gasteiger partial charge in [-0.3, -0.25) is 0 Å². The van der Waals surface area contributed by atoms with E-state index in [2.05, 4.69) is 34.1 Å². The van der Waals surface area contributed by atoms with Gasteiger partial charge in [-0.2, -0.15) is 4.31 Å². The second-order valence-corrected chi connectivity index (χ2v) is 12.4. The summed E-state index contributed by atoms with van der Waals surface area (Å²) >= 11 is 0. The van der Waals surface area contributed by atoms with Gasteiger partial charge in [0, 0.05) is 43.6 Å². The molecule has 2 saturated heterocycles. The van der Waals surface area contributed by atoms with E-state index in [1.807, 2.05) is 24.3 Å². The number of carbonyl (C=O) groups excluding carboxylic acids is 1. The molecule has 198 valence electrons. The number of halogens is 1. The zero-order chi connectivity index (χ0) is 26.3. The quantitative estimate of drug-likeness (QED) is 0.420. The molecule has 0 aromatic heterocycles. The van der Waals surface area contributed by atoms with E-state index in [-0.39, 0.29) is 16.8 Å². The van der Waals surface area contributed by atoms with Crippen molar-refractivity contribution in [2.24, 2.45) is 5.92 Å². The number of sulfonamides is 1. The molecular weight excluding hydrogens is 501 g/mol. The molecular formula is C30H32FN3O3S. The normalized spacial score (nSPS) is 24.0. The minimum atomic E-state index is -3.73. The Morgan fingerprint density at radius 1 is 0.737 bits per heavy atom. The Hall–Kier alpha value is -3.23. The number of hydrogen-bond acceptors (Lipinski definition) is 5. The zero-order valence-electron chi connectivity index (χ0n) is 21.2. The molecule has 2 heterocycles. The fourth-order valence-electron chi connectivity index (χ4n) is 6.44. The summed E-state index contributed by atoms with van der Waals surface area (Å²) < 4.78 is 41.7. The molecule has 6 nitrogen and oxygen atoms in total. The van der Waals surface area contributed by atoms with Crippen LogP contribution in [0.2, 0.25) is 0 Å². The summed E-state index contributed by atoms with van der Waals surface area (Å²) in [4.78, 5) is 16.5. The Balaban J connectivity index is 1.12. The second kappa shape index (κ2) is 10.2. The fourth-order valence-corrected chi connectivity index (χ4v) is 8.29. The van der Waals surface area contributed by atoms with Crippen molar-refractivity contribution in [2.45, 2.75) is 42.7 Å². The highest BCUT2D eigenvalue weighted by molar-refractivity contribution is 7.89. The van der Waals surface area contributed by atoms with Gasteiger partial charge in [0.1, 0.15) is 12.1 Å². The number of piperazine rings is 1. The maximum Gasteiger partial charge on any atom is 0.243 e. The van der Waals surface area contributed by atoms with Crippen LogP contribution in [0.25, 0.3) is 11.1 Å². The van der Waals surface area contributed by atoms with Gasteiger partial charge in [-0.25, -0.2) is 12.8 Å². The lowest BCUT2D eigenvalue weighted by atomic mass is 10.0. The average molecular weight is 534 g/mol. The van der Waals surface area contributed by atoms with E-state index in [0.717, 1.165) is 74.2 Å². The Morgan fingerprint density at radius 2 is 1.26 bits per heavy atom. The first-order valence-corrected chi connectivity index (χ1v) is 14.8. The van der Waals surface area contributed by atoms with Crippen molar-refractivity contribution in [3.8, 4) is 11.1 Å². The van der Waals surface area contributed by atoms with Crippen LogP contribution in [0.1, 0.15) is 25.7 Å². The minimum Gasteiger partial charge on any atom is -0.368 e. The predicted octanol–water partition coefficient (Wildman–Crippen LogP) is 4.95. The largest absolute Gasteiger partial charge is 0.368 e. The topological polar surface area (TPSA) is 60.9 Å². The highest BCUT2D eigenvalue weighted by Gasteiger charge is 2.49. The van der Waals surface area contributed by atoms with E-state index in [0.29, 0.717) is 12.3 Å². The number of rotatable bonds is 6. The molecule has 3 atom stereocenters. The van der Waals surface area contributed by atoms with Crippen LogP contribution >= 0.6 is 0 Å². The summed E-state index contributed by atoms with van der Waals surface area (Å²) in [5.74, 6) is 0.0766. The van der Waals surface area contributed by atoms with Gasteiger partial charge in [0.05, 0.1) is 10.9 Å². The molecule has 3 fully saturated rings. The molecule has 3 aliphatic rings. The lowest BCUT2D eigenvalue weighted by Crippen LogP contribution is -2.46. The third-order valence-electron chi connectivity index (χ3n) is 8.44. The van der Waals surface area contributed by atoms with Gasteiger partial charge in [-0.15, -0.1) is 0 Å². The van der Waals surface area contributed by atoms with E-state index in [9.17, 15) is 17.6 Å². The molecule has 0 spiro atoms. The van der Waals surface area contributed by atoms with E-state index >= 15 is 0 Å². The molecule has 8 heteroatoms. The Morgan fingerprint density at radius 3 is 1.82 bits per heavy atom. The first-order chi connectivity index (χ1) is 18.4. The highest BCUT2D eigenvalue weighted by atomic mass is 32.2. The summed E-state index contributed by atoms with van der Waals surface area (Å²) in [6.07, 6.45) is 4.29. The summed E-state index contributed by atoms with van der Waals surface area (Å²) in [5, 5.41) is 0. The zero-order valence-corrected chi connectivity index (χ0v) is 22.1. The van der Waals surface area contributed by atoms with Crippen molar-refractivity contribution >= 4 is 27.7 Å². The Bertz CT molecular complexity index is 1390. The molecule has 1 aliphatic carbocycles. The van der Waals surface area contributed by atoms with Crippen molar-refractivity contribution < 1.29 is 17.6 Å².